The number of nitrogens with one attached hydrogen (secondary N) is 2. The van der Waals surface area contributed by atoms with Gasteiger partial charge in [0.2, 0.25) is 5.96 Å². The van der Waals surface area contributed by atoms with Crippen molar-refractivity contribution in [1.29, 1.82) is 5.26 Å². The number of hydrogen-bond acceptors (Lipinski definition) is 6. The minimum absolute atomic E-state index is 0.00999. The van der Waals surface area contributed by atoms with E-state index in [1.807, 2.05) is 6.92 Å². The number of hydrogen-bond donors (Lipinski definition) is 3. The molecule has 50 heavy (non-hydrogen) atoms. The molecular formula is C42H56N8. The van der Waals surface area contributed by atoms with Gasteiger partial charge in [0.1, 0.15) is 0 Å². The largest absolute Gasteiger partial charge is 0.383 e. The maximum Gasteiger partial charge on any atom is 0.240 e. The number of hydrazine groups is 1. The second kappa shape index (κ2) is 15.8. The Kier molecular flexibility index (Phi) is 12.0. The van der Waals surface area contributed by atoms with Gasteiger partial charge in [-0.2, -0.15) is 5.26 Å². The van der Waals surface area contributed by atoms with Crippen LogP contribution in [0.2, 0.25) is 0 Å². The zero-order valence-electron chi connectivity index (χ0n) is 30.8. The van der Waals surface area contributed by atoms with Crippen molar-refractivity contribution in [1.82, 2.24) is 20.5 Å². The Morgan fingerprint density at radius 3 is 2.32 bits per heavy atom. The average Bonchev–Trinajstić information content (AvgIpc) is 3.16. The fraction of sp³-hybridized carbons (Fsp3) is 0.452. The van der Waals surface area contributed by atoms with E-state index >= 15 is 0 Å². The van der Waals surface area contributed by atoms with Gasteiger partial charge in [0.15, 0.2) is 0 Å². The summed E-state index contributed by atoms with van der Waals surface area (Å²) in [6.07, 6.45) is 16.0. The van der Waals surface area contributed by atoms with E-state index < -0.39 is 0 Å². The Balaban J connectivity index is 0.00000276. The SMILES string of the molecule is C#C.C=C(NCC12CCC(C(=C)C#N)(CC1)CC2)C(=C)N(N)C(=NC)/N=C(\CC)C(=C)NCc1ccc2c(c1)CN(C1=C(C)C(=C)C1C)CC2. The van der Waals surface area contributed by atoms with Gasteiger partial charge in [0, 0.05) is 61.5 Å². The van der Waals surface area contributed by atoms with Gasteiger partial charge < -0.3 is 15.5 Å². The lowest BCUT2D eigenvalue weighted by molar-refractivity contribution is 0.0194. The van der Waals surface area contributed by atoms with Crippen LogP contribution in [0.4, 0.5) is 0 Å². The number of nitriles is 1. The smallest absolute Gasteiger partial charge is 0.240 e. The Morgan fingerprint density at radius 1 is 1.08 bits per heavy atom. The lowest BCUT2D eigenvalue weighted by atomic mass is 9.52. The summed E-state index contributed by atoms with van der Waals surface area (Å²) in [7, 11) is 1.67. The van der Waals surface area contributed by atoms with Crippen LogP contribution in [0.25, 0.3) is 0 Å². The van der Waals surface area contributed by atoms with Crippen LogP contribution in [0.1, 0.15) is 82.4 Å². The van der Waals surface area contributed by atoms with Crippen molar-refractivity contribution in [2.45, 2.75) is 85.2 Å². The van der Waals surface area contributed by atoms with E-state index in [0.717, 1.165) is 81.6 Å². The van der Waals surface area contributed by atoms with E-state index in [1.165, 1.54) is 38.5 Å². The molecule has 6 rings (SSSR count). The highest BCUT2D eigenvalue weighted by Crippen LogP contribution is 2.59. The van der Waals surface area contributed by atoms with Gasteiger partial charge in [-0.05, 0) is 91.5 Å². The summed E-state index contributed by atoms with van der Waals surface area (Å²) in [5.41, 5.74) is 11.7. The Bertz CT molecular complexity index is 1690. The summed E-state index contributed by atoms with van der Waals surface area (Å²) < 4.78 is 0. The highest BCUT2D eigenvalue weighted by molar-refractivity contribution is 6.06. The lowest BCUT2D eigenvalue weighted by Crippen LogP contribution is -2.47. The number of rotatable bonds is 12. The number of guanidine groups is 1. The van der Waals surface area contributed by atoms with Crippen LogP contribution in [-0.2, 0) is 19.5 Å². The first-order chi connectivity index (χ1) is 23.9. The van der Waals surface area contributed by atoms with Crippen molar-refractivity contribution in [2.75, 3.05) is 20.1 Å². The van der Waals surface area contributed by atoms with Gasteiger partial charge in [-0.25, -0.2) is 15.8 Å². The van der Waals surface area contributed by atoms with Crippen LogP contribution in [0.3, 0.4) is 0 Å². The molecule has 0 radical (unpaired) electrons. The van der Waals surface area contributed by atoms with Crippen molar-refractivity contribution in [3.63, 3.8) is 0 Å². The average molecular weight is 673 g/mol. The van der Waals surface area contributed by atoms with E-state index in [1.54, 1.807) is 7.05 Å². The Hall–Kier alpha value is -4.79. The Morgan fingerprint density at radius 2 is 1.74 bits per heavy atom. The topological polar surface area (TPSA) is 105 Å². The summed E-state index contributed by atoms with van der Waals surface area (Å²) in [5, 5.41) is 17.8. The summed E-state index contributed by atoms with van der Waals surface area (Å²) in [5.74, 6) is 7.30. The fourth-order valence-electron chi connectivity index (χ4n) is 8.10. The minimum Gasteiger partial charge on any atom is -0.383 e. The monoisotopic (exact) mass is 672 g/mol. The molecule has 1 unspecified atom stereocenters. The zero-order valence-corrected chi connectivity index (χ0v) is 30.8. The van der Waals surface area contributed by atoms with Crippen molar-refractivity contribution in [2.24, 2.45) is 32.6 Å². The molecule has 4 N–H and O–H groups in total. The molecule has 0 aromatic heterocycles. The first kappa shape index (κ1) is 38.0. The molecule has 0 amide bonds. The maximum absolute atomic E-state index is 9.45. The van der Waals surface area contributed by atoms with Gasteiger partial charge in [0.25, 0.3) is 0 Å². The molecule has 1 heterocycles. The van der Waals surface area contributed by atoms with Crippen molar-refractivity contribution in [3.8, 4) is 18.9 Å². The molecule has 8 nitrogen and oxygen atoms in total. The van der Waals surface area contributed by atoms with Crippen LogP contribution in [0.5, 0.6) is 0 Å². The molecule has 1 aromatic rings. The molecular weight excluding hydrogens is 617 g/mol. The van der Waals surface area contributed by atoms with Gasteiger partial charge >= 0.3 is 0 Å². The quantitative estimate of drug-likeness (QED) is 0.0406. The molecule has 2 bridgehead atoms. The van der Waals surface area contributed by atoms with E-state index in [2.05, 4.69) is 104 Å². The van der Waals surface area contributed by atoms with Gasteiger partial charge in [0.05, 0.1) is 23.2 Å². The predicted octanol–water partition coefficient (Wildman–Crippen LogP) is 7.43. The van der Waals surface area contributed by atoms with E-state index in [-0.39, 0.29) is 10.8 Å². The summed E-state index contributed by atoms with van der Waals surface area (Å²) in [6.45, 7) is 31.0. The molecule has 3 saturated carbocycles. The highest BCUT2D eigenvalue weighted by atomic mass is 15.5. The lowest BCUT2D eigenvalue weighted by Gasteiger charge is -2.53. The van der Waals surface area contributed by atoms with Crippen LogP contribution in [0, 0.1) is 40.9 Å². The van der Waals surface area contributed by atoms with Crippen LogP contribution >= 0.6 is 0 Å². The number of terminal acetylenes is 1. The molecule has 1 atom stereocenters. The molecule has 0 spiro atoms. The third-order valence-corrected chi connectivity index (χ3v) is 11.8. The van der Waals surface area contributed by atoms with Crippen LogP contribution in [-0.4, -0.2) is 41.7 Å². The van der Waals surface area contributed by atoms with E-state index in [4.69, 9.17) is 10.8 Å². The number of nitrogens with zero attached hydrogens (tertiary/aromatic N) is 5. The molecule has 3 fully saturated rings. The van der Waals surface area contributed by atoms with Crippen LogP contribution < -0.4 is 16.5 Å². The molecule has 5 aliphatic rings. The van der Waals surface area contributed by atoms with Gasteiger partial charge in [-0.1, -0.05) is 64.9 Å². The third-order valence-electron chi connectivity index (χ3n) is 11.8. The van der Waals surface area contributed by atoms with Crippen molar-refractivity contribution < 1.29 is 0 Å². The van der Waals surface area contributed by atoms with Crippen molar-refractivity contribution >= 4 is 11.7 Å². The first-order valence-corrected chi connectivity index (χ1v) is 17.7. The molecule has 0 saturated heterocycles. The number of aliphatic imine (C=N–C) groups is 2. The molecule has 264 valence electrons. The van der Waals surface area contributed by atoms with Crippen molar-refractivity contribution in [3.05, 3.63) is 107 Å². The predicted molar refractivity (Wildman–Crippen MR) is 208 cm³/mol. The highest BCUT2D eigenvalue weighted by Gasteiger charge is 2.49. The number of benzene rings is 1. The summed E-state index contributed by atoms with van der Waals surface area (Å²) in [4.78, 5) is 11.7. The second-order valence-electron chi connectivity index (χ2n) is 14.3. The summed E-state index contributed by atoms with van der Waals surface area (Å²) in [6, 6.07) is 9.12. The van der Waals surface area contributed by atoms with Crippen LogP contribution in [0.15, 0.2) is 101 Å². The van der Waals surface area contributed by atoms with E-state index in [9.17, 15) is 5.26 Å². The first-order valence-electron chi connectivity index (χ1n) is 17.7. The minimum atomic E-state index is 0.00999. The normalized spacial score (nSPS) is 24.2. The third kappa shape index (κ3) is 7.52. The second-order valence-corrected chi connectivity index (χ2v) is 14.3. The van der Waals surface area contributed by atoms with E-state index in [0.29, 0.717) is 36.2 Å². The summed E-state index contributed by atoms with van der Waals surface area (Å²) >= 11 is 0. The number of allylic oxidation sites excluding steroid dienone is 4. The van der Waals surface area contributed by atoms with Gasteiger partial charge in [-0.15, -0.1) is 12.8 Å². The fourth-order valence-corrected chi connectivity index (χ4v) is 8.10. The maximum atomic E-state index is 9.45. The molecule has 8 heteroatoms. The molecule has 1 aliphatic heterocycles. The van der Waals surface area contributed by atoms with Gasteiger partial charge in [-0.3, -0.25) is 4.99 Å². The Labute approximate surface area is 301 Å². The standard InChI is InChI=1S/C40H54N8.C2H2/c1-10-36(31(7)44-23-33-11-12-34-13-20-47(24-35(34)21-33)37-28(4)27(3)29(37)5)46-38(43-9)48(42)32(8)30(6)45-25-39-14-17-40(18-15-39,19-16-39)26(2)22-41;1-2/h11-12,21,28,44-45H,2-3,6-8,10,13-20,23-25,42H2,1,4-5,9H3;1-2H/b43-38?,46-36+;. The zero-order chi connectivity index (χ0) is 36.8. The number of fused-ring (bicyclic) bond motifs is 4. The number of nitrogens with two attached hydrogens (primary N) is 1. The molecule has 4 aliphatic carbocycles. The molecule has 1 aromatic carbocycles.